The molecule has 1 aromatic carbocycles. The van der Waals surface area contributed by atoms with Gasteiger partial charge in [0, 0.05) is 32.0 Å². The van der Waals surface area contributed by atoms with Crippen LogP contribution in [0.5, 0.6) is 0 Å². The number of nitrogens with two attached hydrogens (primary N) is 1. The average Bonchev–Trinajstić information content (AvgIpc) is 2.27. The predicted molar refractivity (Wildman–Crippen MR) is 67.2 cm³/mol. The van der Waals surface area contributed by atoms with Crippen LogP contribution in [0.25, 0.3) is 0 Å². The standard InChI is InChI=1S/C11H17N3O3/c1-8(7-17-3)13(2)9-4-5-11(14(15)16)10(12)6-9/h4-6,8H,7,12H2,1-3H3. The van der Waals surface area contributed by atoms with E-state index >= 15 is 0 Å². The van der Waals surface area contributed by atoms with Gasteiger partial charge in [-0.3, -0.25) is 10.1 Å². The van der Waals surface area contributed by atoms with E-state index in [-0.39, 0.29) is 17.4 Å². The molecule has 1 atom stereocenters. The number of benzene rings is 1. The Labute approximate surface area is 100 Å². The SMILES string of the molecule is COCC(C)N(C)c1ccc([N+](=O)[O-])c(N)c1. The molecule has 0 fully saturated rings. The van der Waals surface area contributed by atoms with E-state index in [0.717, 1.165) is 5.69 Å². The zero-order chi connectivity index (χ0) is 13.0. The van der Waals surface area contributed by atoms with Gasteiger partial charge < -0.3 is 15.4 Å². The minimum absolute atomic E-state index is 0.0680. The Morgan fingerprint density at radius 2 is 2.24 bits per heavy atom. The van der Waals surface area contributed by atoms with Crippen LogP contribution in [-0.2, 0) is 4.74 Å². The first kappa shape index (κ1) is 13.2. The Kier molecular flexibility index (Phi) is 4.28. The number of likely N-dealkylation sites (N-methyl/N-ethyl adjacent to an activating group) is 1. The summed E-state index contributed by atoms with van der Waals surface area (Å²) >= 11 is 0. The van der Waals surface area contributed by atoms with Crippen molar-refractivity contribution in [2.75, 3.05) is 31.4 Å². The zero-order valence-electron chi connectivity index (χ0n) is 10.2. The first-order valence-electron chi connectivity index (χ1n) is 5.23. The summed E-state index contributed by atoms with van der Waals surface area (Å²) in [5.74, 6) is 0. The topological polar surface area (TPSA) is 81.6 Å². The predicted octanol–water partition coefficient (Wildman–Crippen LogP) is 1.65. The molecule has 0 aliphatic carbocycles. The van der Waals surface area contributed by atoms with Gasteiger partial charge in [-0.1, -0.05) is 0 Å². The first-order valence-corrected chi connectivity index (χ1v) is 5.23. The lowest BCUT2D eigenvalue weighted by Gasteiger charge is -2.26. The van der Waals surface area contributed by atoms with Gasteiger partial charge in [0.15, 0.2) is 0 Å². The van der Waals surface area contributed by atoms with E-state index < -0.39 is 4.92 Å². The number of nitro benzene ring substituents is 1. The van der Waals surface area contributed by atoms with E-state index in [1.807, 2.05) is 18.9 Å². The van der Waals surface area contributed by atoms with E-state index in [0.29, 0.717) is 6.61 Å². The summed E-state index contributed by atoms with van der Waals surface area (Å²) in [6.45, 7) is 2.58. The smallest absolute Gasteiger partial charge is 0.292 e. The molecule has 2 N–H and O–H groups in total. The summed E-state index contributed by atoms with van der Waals surface area (Å²) in [7, 11) is 3.53. The molecule has 17 heavy (non-hydrogen) atoms. The van der Waals surface area contributed by atoms with Crippen molar-refractivity contribution in [2.24, 2.45) is 0 Å². The Morgan fingerprint density at radius 1 is 1.59 bits per heavy atom. The molecule has 6 heteroatoms. The van der Waals surface area contributed by atoms with Crippen LogP contribution in [0, 0.1) is 10.1 Å². The molecule has 0 aliphatic heterocycles. The lowest BCUT2D eigenvalue weighted by Crippen LogP contribution is -2.32. The van der Waals surface area contributed by atoms with Gasteiger partial charge in [-0.15, -0.1) is 0 Å². The van der Waals surface area contributed by atoms with E-state index in [2.05, 4.69) is 0 Å². The van der Waals surface area contributed by atoms with Crippen LogP contribution < -0.4 is 10.6 Å². The largest absolute Gasteiger partial charge is 0.393 e. The number of ether oxygens (including phenoxy) is 1. The minimum atomic E-state index is -0.488. The maximum Gasteiger partial charge on any atom is 0.292 e. The number of hydrogen-bond acceptors (Lipinski definition) is 5. The third-order valence-corrected chi connectivity index (χ3v) is 2.68. The van der Waals surface area contributed by atoms with Gasteiger partial charge in [0.1, 0.15) is 5.69 Å². The Balaban J connectivity index is 2.93. The highest BCUT2D eigenvalue weighted by Gasteiger charge is 2.15. The summed E-state index contributed by atoms with van der Waals surface area (Å²) < 4.78 is 5.06. The number of hydrogen-bond donors (Lipinski definition) is 1. The highest BCUT2D eigenvalue weighted by atomic mass is 16.6. The average molecular weight is 239 g/mol. The summed E-state index contributed by atoms with van der Waals surface area (Å²) in [4.78, 5) is 12.1. The van der Waals surface area contributed by atoms with Crippen molar-refractivity contribution >= 4 is 17.1 Å². The van der Waals surface area contributed by atoms with Crippen LogP contribution in [0.3, 0.4) is 0 Å². The highest BCUT2D eigenvalue weighted by Crippen LogP contribution is 2.27. The summed E-state index contributed by atoms with van der Waals surface area (Å²) in [5, 5.41) is 10.6. The van der Waals surface area contributed by atoms with Crippen LogP contribution in [0.15, 0.2) is 18.2 Å². The van der Waals surface area contributed by atoms with E-state index in [1.54, 1.807) is 19.2 Å². The van der Waals surface area contributed by atoms with Gasteiger partial charge >= 0.3 is 0 Å². The molecule has 0 bridgehead atoms. The Hall–Kier alpha value is -1.82. The molecular weight excluding hydrogens is 222 g/mol. The van der Waals surface area contributed by atoms with Crippen molar-refractivity contribution in [3.63, 3.8) is 0 Å². The maximum atomic E-state index is 10.6. The molecule has 1 unspecified atom stereocenters. The molecule has 0 spiro atoms. The molecule has 0 heterocycles. The van der Waals surface area contributed by atoms with Crippen LogP contribution in [0.4, 0.5) is 17.1 Å². The van der Waals surface area contributed by atoms with Crippen LogP contribution >= 0.6 is 0 Å². The molecular formula is C11H17N3O3. The normalized spacial score (nSPS) is 12.2. The maximum absolute atomic E-state index is 10.6. The Morgan fingerprint density at radius 3 is 2.71 bits per heavy atom. The number of nitrogens with zero attached hydrogens (tertiary/aromatic N) is 2. The van der Waals surface area contributed by atoms with E-state index in [9.17, 15) is 10.1 Å². The summed E-state index contributed by atoms with van der Waals surface area (Å²) in [6.07, 6.45) is 0. The number of nitrogen functional groups attached to an aromatic ring is 1. The molecule has 94 valence electrons. The molecule has 0 saturated carbocycles. The van der Waals surface area contributed by atoms with Crippen molar-refractivity contribution in [1.29, 1.82) is 0 Å². The molecule has 0 saturated heterocycles. The van der Waals surface area contributed by atoms with Gasteiger partial charge in [-0.25, -0.2) is 0 Å². The molecule has 0 aliphatic rings. The van der Waals surface area contributed by atoms with Crippen LogP contribution in [-0.4, -0.2) is 31.7 Å². The molecule has 0 amide bonds. The first-order chi connectivity index (χ1) is 7.97. The van der Waals surface area contributed by atoms with Gasteiger partial charge in [0.2, 0.25) is 0 Å². The zero-order valence-corrected chi connectivity index (χ0v) is 10.2. The Bertz CT molecular complexity index is 409. The lowest BCUT2D eigenvalue weighted by atomic mass is 10.2. The second-order valence-corrected chi connectivity index (χ2v) is 3.92. The fraction of sp³-hybridized carbons (Fsp3) is 0.455. The molecule has 6 nitrogen and oxygen atoms in total. The van der Waals surface area contributed by atoms with Crippen molar-refractivity contribution < 1.29 is 9.66 Å². The molecule has 1 aromatic rings. The molecule has 0 radical (unpaired) electrons. The number of methoxy groups -OCH3 is 1. The number of anilines is 2. The van der Waals surface area contributed by atoms with Gasteiger partial charge in [-0.05, 0) is 19.1 Å². The van der Waals surface area contributed by atoms with Crippen molar-refractivity contribution in [2.45, 2.75) is 13.0 Å². The van der Waals surface area contributed by atoms with E-state index in [1.165, 1.54) is 6.07 Å². The third kappa shape index (κ3) is 3.07. The molecule has 0 aromatic heterocycles. The van der Waals surface area contributed by atoms with E-state index in [4.69, 9.17) is 10.5 Å². The number of rotatable bonds is 5. The summed E-state index contributed by atoms with van der Waals surface area (Å²) in [6, 6.07) is 4.87. The lowest BCUT2D eigenvalue weighted by molar-refractivity contribution is -0.383. The fourth-order valence-electron chi connectivity index (χ4n) is 1.54. The number of nitro groups is 1. The fourth-order valence-corrected chi connectivity index (χ4v) is 1.54. The third-order valence-electron chi connectivity index (χ3n) is 2.68. The minimum Gasteiger partial charge on any atom is -0.393 e. The monoisotopic (exact) mass is 239 g/mol. The van der Waals surface area contributed by atoms with Gasteiger partial charge in [-0.2, -0.15) is 0 Å². The van der Waals surface area contributed by atoms with Crippen LogP contribution in [0.2, 0.25) is 0 Å². The van der Waals surface area contributed by atoms with Crippen molar-refractivity contribution in [3.05, 3.63) is 28.3 Å². The van der Waals surface area contributed by atoms with Crippen molar-refractivity contribution in [1.82, 2.24) is 0 Å². The van der Waals surface area contributed by atoms with Gasteiger partial charge in [0.25, 0.3) is 5.69 Å². The summed E-state index contributed by atoms with van der Waals surface area (Å²) in [5.41, 5.74) is 6.57. The van der Waals surface area contributed by atoms with Gasteiger partial charge in [0.05, 0.1) is 11.5 Å². The van der Waals surface area contributed by atoms with Crippen molar-refractivity contribution in [3.8, 4) is 0 Å². The molecule has 1 rings (SSSR count). The second-order valence-electron chi connectivity index (χ2n) is 3.92. The highest BCUT2D eigenvalue weighted by molar-refractivity contribution is 5.66. The van der Waals surface area contributed by atoms with Crippen LogP contribution in [0.1, 0.15) is 6.92 Å². The second kappa shape index (κ2) is 5.49. The quantitative estimate of drug-likeness (QED) is 0.480.